The van der Waals surface area contributed by atoms with Gasteiger partial charge in [-0.05, 0) is 52.4 Å². The van der Waals surface area contributed by atoms with E-state index in [1.807, 2.05) is 25.7 Å². The van der Waals surface area contributed by atoms with Gasteiger partial charge in [0.2, 0.25) is 0 Å². The summed E-state index contributed by atoms with van der Waals surface area (Å²) in [7, 11) is 0. The lowest BCUT2D eigenvalue weighted by atomic mass is 9.94. The molecular formula is C17H30BrNO3. The molecule has 1 saturated heterocycles. The number of rotatable bonds is 4. The van der Waals surface area contributed by atoms with Gasteiger partial charge in [0.25, 0.3) is 0 Å². The molecule has 0 N–H and O–H groups in total. The number of amides is 1. The molecule has 0 aromatic heterocycles. The zero-order valence-corrected chi connectivity index (χ0v) is 15.8. The first kappa shape index (κ1) is 18.1. The van der Waals surface area contributed by atoms with Gasteiger partial charge >= 0.3 is 6.09 Å². The molecule has 0 aromatic rings. The van der Waals surface area contributed by atoms with Crippen molar-refractivity contribution in [2.75, 3.05) is 25.0 Å². The lowest BCUT2D eigenvalue weighted by molar-refractivity contribution is -0.0858. The van der Waals surface area contributed by atoms with Crippen LogP contribution < -0.4 is 0 Å². The minimum absolute atomic E-state index is 0.220. The first-order valence-corrected chi connectivity index (χ1v) is 9.64. The predicted molar refractivity (Wildman–Crippen MR) is 91.5 cm³/mol. The van der Waals surface area contributed by atoms with E-state index in [4.69, 9.17) is 9.47 Å². The van der Waals surface area contributed by atoms with Gasteiger partial charge in [-0.1, -0.05) is 28.8 Å². The summed E-state index contributed by atoms with van der Waals surface area (Å²) in [5.41, 5.74) is -0.700. The van der Waals surface area contributed by atoms with Crippen molar-refractivity contribution < 1.29 is 14.3 Å². The molecule has 1 unspecified atom stereocenters. The highest BCUT2D eigenvalue weighted by Crippen LogP contribution is 2.32. The van der Waals surface area contributed by atoms with Crippen LogP contribution in [0.2, 0.25) is 0 Å². The summed E-state index contributed by atoms with van der Waals surface area (Å²) in [5, 5.41) is 0.770. The van der Waals surface area contributed by atoms with Gasteiger partial charge < -0.3 is 14.4 Å². The van der Waals surface area contributed by atoms with Crippen LogP contribution in [0.3, 0.4) is 0 Å². The SMILES string of the molecule is CC(C)(C)OC(=O)N1CCCC(CBr)(OCC2CCCC2)C1. The van der Waals surface area contributed by atoms with Crippen molar-refractivity contribution in [1.29, 1.82) is 0 Å². The van der Waals surface area contributed by atoms with Crippen LogP contribution in [-0.4, -0.2) is 47.2 Å². The van der Waals surface area contributed by atoms with E-state index in [9.17, 15) is 4.79 Å². The van der Waals surface area contributed by atoms with Crippen molar-refractivity contribution in [2.45, 2.75) is 70.5 Å². The fourth-order valence-electron chi connectivity index (χ4n) is 3.32. The Balaban J connectivity index is 1.91. The highest BCUT2D eigenvalue weighted by atomic mass is 79.9. The molecule has 1 heterocycles. The normalized spacial score (nSPS) is 27.2. The maximum absolute atomic E-state index is 12.3. The average molecular weight is 376 g/mol. The molecule has 4 nitrogen and oxygen atoms in total. The van der Waals surface area contributed by atoms with E-state index in [1.165, 1.54) is 25.7 Å². The van der Waals surface area contributed by atoms with Gasteiger partial charge in [0.15, 0.2) is 0 Å². The number of ether oxygens (including phenoxy) is 2. The van der Waals surface area contributed by atoms with E-state index < -0.39 is 5.60 Å². The molecule has 128 valence electrons. The molecule has 0 aromatic carbocycles. The smallest absolute Gasteiger partial charge is 0.410 e. The third kappa shape index (κ3) is 5.12. The highest BCUT2D eigenvalue weighted by molar-refractivity contribution is 9.09. The lowest BCUT2D eigenvalue weighted by Crippen LogP contribution is -2.54. The third-order valence-electron chi connectivity index (χ3n) is 4.53. The summed E-state index contributed by atoms with van der Waals surface area (Å²) >= 11 is 3.61. The number of nitrogens with zero attached hydrogens (tertiary/aromatic N) is 1. The van der Waals surface area contributed by atoms with Gasteiger partial charge in [-0.25, -0.2) is 4.79 Å². The summed E-state index contributed by atoms with van der Waals surface area (Å²) in [6.45, 7) is 7.93. The van der Waals surface area contributed by atoms with Crippen LogP contribution in [-0.2, 0) is 9.47 Å². The molecular weight excluding hydrogens is 346 g/mol. The maximum atomic E-state index is 12.3. The Labute approximate surface area is 143 Å². The zero-order chi connectivity index (χ0) is 16.2. The van der Waals surface area contributed by atoms with Gasteiger partial charge in [0.05, 0.1) is 18.8 Å². The number of hydrogen-bond acceptors (Lipinski definition) is 3. The van der Waals surface area contributed by atoms with E-state index in [0.717, 1.165) is 31.3 Å². The van der Waals surface area contributed by atoms with Gasteiger partial charge in [-0.15, -0.1) is 0 Å². The van der Waals surface area contributed by atoms with Gasteiger partial charge in [0, 0.05) is 11.9 Å². The maximum Gasteiger partial charge on any atom is 0.410 e. The minimum atomic E-state index is -0.448. The largest absolute Gasteiger partial charge is 0.444 e. The molecule has 1 amide bonds. The summed E-state index contributed by atoms with van der Waals surface area (Å²) < 4.78 is 11.8. The Morgan fingerprint density at radius 3 is 2.55 bits per heavy atom. The quantitative estimate of drug-likeness (QED) is 0.685. The molecule has 5 heteroatoms. The number of carbonyl (C=O) groups is 1. The van der Waals surface area contributed by atoms with E-state index in [1.54, 1.807) is 0 Å². The first-order valence-electron chi connectivity index (χ1n) is 8.51. The molecule has 22 heavy (non-hydrogen) atoms. The lowest BCUT2D eigenvalue weighted by Gasteiger charge is -2.42. The van der Waals surface area contributed by atoms with Crippen LogP contribution in [0.15, 0.2) is 0 Å². The van der Waals surface area contributed by atoms with Crippen LogP contribution in [0, 0.1) is 5.92 Å². The van der Waals surface area contributed by atoms with Crippen molar-refractivity contribution in [3.63, 3.8) is 0 Å². The molecule has 0 bridgehead atoms. The van der Waals surface area contributed by atoms with Gasteiger partial charge in [0.1, 0.15) is 5.60 Å². The van der Waals surface area contributed by atoms with Crippen LogP contribution in [0.4, 0.5) is 4.79 Å². The third-order valence-corrected chi connectivity index (χ3v) is 5.56. The molecule has 0 radical (unpaired) electrons. The molecule has 1 saturated carbocycles. The molecule has 1 aliphatic carbocycles. The predicted octanol–water partition coefficient (Wildman–Crippen LogP) is 4.36. The Bertz CT molecular complexity index is 377. The molecule has 2 fully saturated rings. The monoisotopic (exact) mass is 375 g/mol. The van der Waals surface area contributed by atoms with Gasteiger partial charge in [-0.3, -0.25) is 0 Å². The summed E-state index contributed by atoms with van der Waals surface area (Å²) in [6.07, 6.45) is 6.99. The van der Waals surface area contributed by atoms with Crippen LogP contribution in [0.1, 0.15) is 59.3 Å². The summed E-state index contributed by atoms with van der Waals surface area (Å²) in [5.74, 6) is 0.702. The van der Waals surface area contributed by atoms with Crippen molar-refractivity contribution in [2.24, 2.45) is 5.92 Å². The minimum Gasteiger partial charge on any atom is -0.444 e. The van der Waals surface area contributed by atoms with Crippen LogP contribution in [0.5, 0.6) is 0 Å². The fraction of sp³-hybridized carbons (Fsp3) is 0.941. The number of halogens is 1. The number of hydrogen-bond donors (Lipinski definition) is 0. The molecule has 1 aliphatic heterocycles. The van der Waals surface area contributed by atoms with Crippen molar-refractivity contribution in [1.82, 2.24) is 4.90 Å². The fourth-order valence-corrected chi connectivity index (χ4v) is 3.94. The van der Waals surface area contributed by atoms with Crippen LogP contribution in [0.25, 0.3) is 0 Å². The van der Waals surface area contributed by atoms with Crippen molar-refractivity contribution >= 4 is 22.0 Å². The summed E-state index contributed by atoms with van der Waals surface area (Å²) in [4.78, 5) is 14.1. The van der Waals surface area contributed by atoms with E-state index in [2.05, 4.69) is 15.9 Å². The number of alkyl halides is 1. The summed E-state index contributed by atoms with van der Waals surface area (Å²) in [6, 6.07) is 0. The van der Waals surface area contributed by atoms with Crippen LogP contribution >= 0.6 is 15.9 Å². The second kappa shape index (κ2) is 7.52. The Kier molecular flexibility index (Phi) is 6.17. The Morgan fingerprint density at radius 1 is 1.27 bits per heavy atom. The second-order valence-electron chi connectivity index (χ2n) is 7.78. The van der Waals surface area contributed by atoms with E-state index >= 15 is 0 Å². The average Bonchev–Trinajstić information content (AvgIpc) is 2.97. The highest BCUT2D eigenvalue weighted by Gasteiger charge is 2.39. The van der Waals surface area contributed by atoms with Crippen molar-refractivity contribution in [3.05, 3.63) is 0 Å². The van der Waals surface area contributed by atoms with Crippen molar-refractivity contribution in [3.8, 4) is 0 Å². The Morgan fingerprint density at radius 2 is 1.95 bits per heavy atom. The Hall–Kier alpha value is -0.290. The number of likely N-dealkylation sites (tertiary alicyclic amines) is 1. The topological polar surface area (TPSA) is 38.8 Å². The molecule has 0 spiro atoms. The molecule has 2 aliphatic rings. The van der Waals surface area contributed by atoms with E-state index in [0.29, 0.717) is 12.5 Å². The molecule has 2 rings (SSSR count). The number of piperidine rings is 1. The second-order valence-corrected chi connectivity index (χ2v) is 8.34. The zero-order valence-electron chi connectivity index (χ0n) is 14.2. The van der Waals surface area contributed by atoms with Gasteiger partial charge in [-0.2, -0.15) is 0 Å². The standard InChI is InChI=1S/C17H30BrNO3/c1-16(2,3)22-15(20)19-10-6-9-17(12-18,13-19)21-11-14-7-4-5-8-14/h14H,4-13H2,1-3H3. The number of carbonyl (C=O) groups excluding carboxylic acids is 1. The first-order chi connectivity index (χ1) is 10.3. The van der Waals surface area contributed by atoms with E-state index in [-0.39, 0.29) is 11.7 Å². The molecule has 1 atom stereocenters.